The summed E-state index contributed by atoms with van der Waals surface area (Å²) in [7, 11) is 1.20. The predicted octanol–water partition coefficient (Wildman–Crippen LogP) is -0.772. The molecule has 0 aliphatic rings. The molecule has 0 aromatic heterocycles. The van der Waals surface area contributed by atoms with Crippen LogP contribution in [0.4, 0.5) is 0 Å². The molecule has 0 bridgehead atoms. The molecule has 0 aromatic rings. The zero-order valence-electron chi connectivity index (χ0n) is 4.40. The van der Waals surface area contributed by atoms with Crippen LogP contribution in [0.3, 0.4) is 0 Å². The number of aliphatic hydroxyl groups is 1. The molecule has 0 aliphatic carbocycles. The van der Waals surface area contributed by atoms with E-state index in [0.717, 1.165) is 0 Å². The van der Waals surface area contributed by atoms with E-state index in [1.807, 2.05) is 0 Å². The van der Waals surface area contributed by atoms with Crippen LogP contribution in [0, 0.1) is 10.1 Å². The maximum absolute atomic E-state index is 9.53. The standard InChI is InChI=1S/C3H7NO4/c1-8-3(5)2-4(6)7/h3,5H,2H2,1H3. The van der Waals surface area contributed by atoms with E-state index in [1.165, 1.54) is 7.11 Å². The van der Waals surface area contributed by atoms with Crippen molar-refractivity contribution in [2.75, 3.05) is 13.7 Å². The van der Waals surface area contributed by atoms with Gasteiger partial charge in [0.2, 0.25) is 6.29 Å². The number of hydrogen-bond acceptors (Lipinski definition) is 4. The summed E-state index contributed by atoms with van der Waals surface area (Å²) in [6.07, 6.45) is -1.27. The van der Waals surface area contributed by atoms with Gasteiger partial charge in [-0.05, 0) is 0 Å². The van der Waals surface area contributed by atoms with Crippen LogP contribution in [0.25, 0.3) is 0 Å². The van der Waals surface area contributed by atoms with Gasteiger partial charge in [-0.1, -0.05) is 0 Å². The molecular weight excluding hydrogens is 114 g/mol. The van der Waals surface area contributed by atoms with Crippen molar-refractivity contribution in [3.63, 3.8) is 0 Å². The average Bonchev–Trinajstić information content (AvgIpc) is 1.65. The molecule has 0 saturated carbocycles. The van der Waals surface area contributed by atoms with Gasteiger partial charge in [0.25, 0.3) is 6.54 Å². The van der Waals surface area contributed by atoms with E-state index >= 15 is 0 Å². The molecule has 0 saturated heterocycles. The lowest BCUT2D eigenvalue weighted by molar-refractivity contribution is -0.502. The second-order valence-electron chi connectivity index (χ2n) is 1.21. The molecule has 5 nitrogen and oxygen atoms in total. The molecule has 1 unspecified atom stereocenters. The minimum atomic E-state index is -1.27. The third-order valence-corrected chi connectivity index (χ3v) is 0.577. The van der Waals surface area contributed by atoms with Gasteiger partial charge >= 0.3 is 0 Å². The van der Waals surface area contributed by atoms with Crippen molar-refractivity contribution in [3.05, 3.63) is 10.1 Å². The van der Waals surface area contributed by atoms with E-state index in [0.29, 0.717) is 0 Å². The Morgan fingerprint density at radius 1 is 2.00 bits per heavy atom. The SMILES string of the molecule is COC(O)C[N+](=O)[O-]. The van der Waals surface area contributed by atoms with Crippen molar-refractivity contribution in [3.8, 4) is 0 Å². The van der Waals surface area contributed by atoms with Crippen LogP contribution < -0.4 is 0 Å². The number of nitro groups is 1. The van der Waals surface area contributed by atoms with E-state index in [1.54, 1.807) is 0 Å². The highest BCUT2D eigenvalue weighted by Gasteiger charge is 2.07. The summed E-state index contributed by atoms with van der Waals surface area (Å²) in [5.41, 5.74) is 0. The maximum Gasteiger partial charge on any atom is 0.253 e. The average molecular weight is 121 g/mol. The van der Waals surface area contributed by atoms with Crippen LogP contribution >= 0.6 is 0 Å². The lowest BCUT2D eigenvalue weighted by atomic mass is 10.6. The lowest BCUT2D eigenvalue weighted by Crippen LogP contribution is -2.20. The molecule has 0 spiro atoms. The van der Waals surface area contributed by atoms with Gasteiger partial charge in [0.1, 0.15) is 0 Å². The summed E-state index contributed by atoms with van der Waals surface area (Å²) in [6, 6.07) is 0. The zero-order chi connectivity index (χ0) is 6.57. The maximum atomic E-state index is 9.53. The summed E-state index contributed by atoms with van der Waals surface area (Å²) in [5.74, 6) is 0. The van der Waals surface area contributed by atoms with Crippen LogP contribution in [0.5, 0.6) is 0 Å². The molecule has 0 aromatic carbocycles. The molecule has 0 amide bonds. The Morgan fingerprint density at radius 2 is 2.50 bits per heavy atom. The van der Waals surface area contributed by atoms with Gasteiger partial charge < -0.3 is 9.84 Å². The Hall–Kier alpha value is -0.680. The summed E-state index contributed by atoms with van der Waals surface area (Å²) in [4.78, 5) is 8.89. The second kappa shape index (κ2) is 3.34. The summed E-state index contributed by atoms with van der Waals surface area (Å²) in [5, 5.41) is 17.9. The molecule has 5 heteroatoms. The van der Waals surface area contributed by atoms with Gasteiger partial charge in [0.15, 0.2) is 0 Å². The topological polar surface area (TPSA) is 72.6 Å². The normalized spacial score (nSPS) is 13.2. The molecule has 0 aliphatic heterocycles. The highest BCUT2D eigenvalue weighted by Crippen LogP contribution is 1.81. The second-order valence-corrected chi connectivity index (χ2v) is 1.21. The van der Waals surface area contributed by atoms with Gasteiger partial charge in [-0.25, -0.2) is 0 Å². The fraction of sp³-hybridized carbons (Fsp3) is 1.00. The third-order valence-electron chi connectivity index (χ3n) is 0.577. The van der Waals surface area contributed by atoms with Crippen LogP contribution in [0.1, 0.15) is 0 Å². The number of hydrogen-bond donors (Lipinski definition) is 1. The van der Waals surface area contributed by atoms with Gasteiger partial charge in [0, 0.05) is 12.0 Å². The van der Waals surface area contributed by atoms with E-state index in [4.69, 9.17) is 5.11 Å². The van der Waals surface area contributed by atoms with Gasteiger partial charge in [-0.3, -0.25) is 10.1 Å². The molecular formula is C3H7NO4. The summed E-state index contributed by atoms with van der Waals surface area (Å²) >= 11 is 0. The van der Waals surface area contributed by atoms with Crippen molar-refractivity contribution in [2.45, 2.75) is 6.29 Å². The van der Waals surface area contributed by atoms with Gasteiger partial charge in [-0.15, -0.1) is 0 Å². The predicted molar refractivity (Wildman–Crippen MR) is 24.9 cm³/mol. The fourth-order valence-corrected chi connectivity index (χ4v) is 0.202. The number of rotatable bonds is 3. The molecule has 0 fully saturated rings. The monoisotopic (exact) mass is 121 g/mol. The molecule has 0 radical (unpaired) electrons. The number of ether oxygens (including phenoxy) is 1. The van der Waals surface area contributed by atoms with E-state index in [9.17, 15) is 10.1 Å². The Bertz CT molecular complexity index is 83.4. The highest BCUT2D eigenvalue weighted by atomic mass is 16.6. The summed E-state index contributed by atoms with van der Waals surface area (Å²) < 4.78 is 4.17. The van der Waals surface area contributed by atoms with E-state index in [-0.39, 0.29) is 0 Å². The number of aliphatic hydroxyl groups excluding tert-OH is 1. The van der Waals surface area contributed by atoms with Crippen molar-refractivity contribution in [2.24, 2.45) is 0 Å². The Balaban J connectivity index is 3.24. The first kappa shape index (κ1) is 7.32. The zero-order valence-corrected chi connectivity index (χ0v) is 4.40. The Kier molecular flexibility index (Phi) is 3.05. The fourth-order valence-electron chi connectivity index (χ4n) is 0.202. The van der Waals surface area contributed by atoms with Crippen LogP contribution in [-0.2, 0) is 4.74 Å². The van der Waals surface area contributed by atoms with Crippen molar-refractivity contribution in [1.82, 2.24) is 0 Å². The minimum absolute atomic E-state index is 0.559. The molecule has 0 rings (SSSR count). The van der Waals surface area contributed by atoms with Crippen LogP contribution in [-0.4, -0.2) is 30.0 Å². The first-order valence-corrected chi connectivity index (χ1v) is 1.99. The smallest absolute Gasteiger partial charge is 0.253 e. The van der Waals surface area contributed by atoms with Gasteiger partial charge in [-0.2, -0.15) is 0 Å². The molecule has 1 atom stereocenters. The molecule has 1 N–H and O–H groups in total. The third kappa shape index (κ3) is 3.51. The largest absolute Gasteiger partial charge is 0.363 e. The quantitative estimate of drug-likeness (QED) is 0.302. The highest BCUT2D eigenvalue weighted by molar-refractivity contribution is 4.30. The van der Waals surface area contributed by atoms with Crippen LogP contribution in [0.15, 0.2) is 0 Å². The first-order chi connectivity index (χ1) is 3.66. The molecule has 48 valence electrons. The molecule has 0 heterocycles. The molecule has 8 heavy (non-hydrogen) atoms. The Morgan fingerprint density at radius 3 is 2.62 bits per heavy atom. The Labute approximate surface area is 46.0 Å². The lowest BCUT2D eigenvalue weighted by Gasteiger charge is -1.99. The summed E-state index contributed by atoms with van der Waals surface area (Å²) in [6.45, 7) is -0.559. The number of methoxy groups -OCH3 is 1. The van der Waals surface area contributed by atoms with Crippen molar-refractivity contribution < 1.29 is 14.8 Å². The van der Waals surface area contributed by atoms with Crippen molar-refractivity contribution in [1.29, 1.82) is 0 Å². The van der Waals surface area contributed by atoms with Crippen molar-refractivity contribution >= 4 is 0 Å². The van der Waals surface area contributed by atoms with E-state index in [2.05, 4.69) is 4.74 Å². The van der Waals surface area contributed by atoms with Gasteiger partial charge in [0.05, 0.1) is 0 Å². The minimum Gasteiger partial charge on any atom is -0.363 e. The van der Waals surface area contributed by atoms with E-state index < -0.39 is 17.8 Å². The number of nitrogens with zero attached hydrogens (tertiary/aromatic N) is 1. The van der Waals surface area contributed by atoms with Crippen LogP contribution in [0.2, 0.25) is 0 Å². The first-order valence-electron chi connectivity index (χ1n) is 1.99.